The monoisotopic (exact) mass is 269 g/mol. The molecule has 2 N–H and O–H groups in total. The van der Waals surface area contributed by atoms with Crippen LogP contribution in [-0.4, -0.2) is 25.7 Å². The van der Waals surface area contributed by atoms with Crippen molar-refractivity contribution in [1.82, 2.24) is 4.72 Å². The van der Waals surface area contributed by atoms with Crippen molar-refractivity contribution in [1.29, 1.82) is 0 Å². The van der Waals surface area contributed by atoms with E-state index in [9.17, 15) is 8.42 Å². The van der Waals surface area contributed by atoms with Crippen molar-refractivity contribution in [3.63, 3.8) is 0 Å². The minimum absolute atomic E-state index is 0.00101. The Labute approximate surface area is 108 Å². The maximum atomic E-state index is 12.1. The summed E-state index contributed by atoms with van der Waals surface area (Å²) in [5, 5.41) is 9.02. The van der Waals surface area contributed by atoms with E-state index in [4.69, 9.17) is 5.11 Å². The number of nitrogens with one attached hydrogen (secondary N) is 1. The Morgan fingerprint density at radius 1 is 1.22 bits per heavy atom. The van der Waals surface area contributed by atoms with E-state index in [0.29, 0.717) is 6.42 Å². The molecule has 18 heavy (non-hydrogen) atoms. The molecule has 0 amide bonds. The molecular weight excluding hydrogens is 250 g/mol. The number of rotatable bonds is 6. The fourth-order valence-corrected chi connectivity index (χ4v) is 4.05. The summed E-state index contributed by atoms with van der Waals surface area (Å²) >= 11 is 0. The number of sulfonamides is 1. The van der Waals surface area contributed by atoms with Crippen LogP contribution in [0.3, 0.4) is 0 Å². The van der Waals surface area contributed by atoms with Crippen molar-refractivity contribution in [3.8, 4) is 0 Å². The van der Waals surface area contributed by atoms with Crippen molar-refractivity contribution in [3.05, 3.63) is 35.9 Å². The highest BCUT2D eigenvalue weighted by atomic mass is 32.2. The SMILES string of the molecule is O=S(=O)(Cc1ccccc1)NC1(CCO)CCC1. The highest BCUT2D eigenvalue weighted by Gasteiger charge is 2.39. The quantitative estimate of drug-likeness (QED) is 0.820. The number of aliphatic hydroxyl groups excluding tert-OH is 1. The Hall–Kier alpha value is -0.910. The van der Waals surface area contributed by atoms with Crippen LogP contribution >= 0.6 is 0 Å². The van der Waals surface area contributed by atoms with Gasteiger partial charge in [0.1, 0.15) is 0 Å². The van der Waals surface area contributed by atoms with Gasteiger partial charge in [-0.15, -0.1) is 0 Å². The molecule has 0 aliphatic heterocycles. The minimum Gasteiger partial charge on any atom is -0.396 e. The van der Waals surface area contributed by atoms with Crippen LogP contribution in [0.2, 0.25) is 0 Å². The Bertz CT molecular complexity index is 480. The number of aliphatic hydroxyl groups is 1. The van der Waals surface area contributed by atoms with E-state index in [-0.39, 0.29) is 12.4 Å². The normalized spacial score (nSPS) is 18.3. The fraction of sp³-hybridized carbons (Fsp3) is 0.538. The number of hydrogen-bond donors (Lipinski definition) is 2. The highest BCUT2D eigenvalue weighted by molar-refractivity contribution is 7.88. The third-order valence-electron chi connectivity index (χ3n) is 3.47. The van der Waals surface area contributed by atoms with E-state index in [1.807, 2.05) is 18.2 Å². The zero-order valence-corrected chi connectivity index (χ0v) is 11.1. The van der Waals surface area contributed by atoms with Gasteiger partial charge in [0, 0.05) is 12.1 Å². The molecule has 1 aliphatic rings. The predicted octanol–water partition coefficient (Wildman–Crippen LogP) is 1.41. The van der Waals surface area contributed by atoms with Crippen LogP contribution in [0.25, 0.3) is 0 Å². The Kier molecular flexibility index (Phi) is 4.04. The summed E-state index contributed by atoms with van der Waals surface area (Å²) in [7, 11) is -3.34. The first-order chi connectivity index (χ1) is 8.55. The van der Waals surface area contributed by atoms with Crippen LogP contribution in [0.5, 0.6) is 0 Å². The average Bonchev–Trinajstić information content (AvgIpc) is 2.26. The Morgan fingerprint density at radius 3 is 2.39 bits per heavy atom. The van der Waals surface area contributed by atoms with E-state index in [1.54, 1.807) is 12.1 Å². The summed E-state index contributed by atoms with van der Waals surface area (Å²) in [6.07, 6.45) is 3.16. The topological polar surface area (TPSA) is 66.4 Å². The second-order valence-corrected chi connectivity index (χ2v) is 6.68. The van der Waals surface area contributed by atoms with Gasteiger partial charge in [0.15, 0.2) is 0 Å². The molecule has 1 aromatic rings. The van der Waals surface area contributed by atoms with Crippen LogP contribution < -0.4 is 4.72 Å². The van der Waals surface area contributed by atoms with Crippen molar-refractivity contribution < 1.29 is 13.5 Å². The first-order valence-corrected chi connectivity index (χ1v) is 7.87. The van der Waals surface area contributed by atoms with Gasteiger partial charge in [0.05, 0.1) is 5.75 Å². The van der Waals surface area contributed by atoms with Crippen molar-refractivity contribution in [2.75, 3.05) is 6.61 Å². The first kappa shape index (κ1) is 13.5. The third kappa shape index (κ3) is 3.31. The van der Waals surface area contributed by atoms with Crippen LogP contribution in [0.1, 0.15) is 31.2 Å². The molecule has 0 saturated heterocycles. The van der Waals surface area contributed by atoms with Crippen molar-refractivity contribution in [2.24, 2.45) is 0 Å². The van der Waals surface area contributed by atoms with Crippen LogP contribution in [-0.2, 0) is 15.8 Å². The lowest BCUT2D eigenvalue weighted by Gasteiger charge is -2.41. The molecule has 0 radical (unpaired) electrons. The molecule has 0 spiro atoms. The molecule has 1 saturated carbocycles. The fourth-order valence-electron chi connectivity index (χ4n) is 2.38. The Balaban J connectivity index is 2.03. The standard InChI is InChI=1S/C13H19NO3S/c15-10-9-13(7-4-8-13)14-18(16,17)11-12-5-2-1-3-6-12/h1-3,5-6,14-15H,4,7-11H2. The summed E-state index contributed by atoms with van der Waals surface area (Å²) in [4.78, 5) is 0. The molecule has 0 aromatic heterocycles. The van der Waals surface area contributed by atoms with Gasteiger partial charge >= 0.3 is 0 Å². The van der Waals surface area contributed by atoms with E-state index >= 15 is 0 Å². The molecule has 0 heterocycles. The van der Waals surface area contributed by atoms with Crippen LogP contribution in [0, 0.1) is 0 Å². The molecule has 1 aromatic carbocycles. The van der Waals surface area contributed by atoms with Gasteiger partial charge in [-0.05, 0) is 31.2 Å². The minimum atomic E-state index is -3.34. The van der Waals surface area contributed by atoms with Crippen molar-refractivity contribution in [2.45, 2.75) is 37.0 Å². The first-order valence-electron chi connectivity index (χ1n) is 6.22. The summed E-state index contributed by atoms with van der Waals surface area (Å²) in [6.45, 7) is 0.0217. The Morgan fingerprint density at radius 2 is 1.89 bits per heavy atom. The van der Waals surface area contributed by atoms with E-state index in [2.05, 4.69) is 4.72 Å². The van der Waals surface area contributed by atoms with Crippen LogP contribution in [0.15, 0.2) is 30.3 Å². The largest absolute Gasteiger partial charge is 0.396 e. The third-order valence-corrected chi connectivity index (χ3v) is 4.93. The lowest BCUT2D eigenvalue weighted by Crippen LogP contribution is -2.54. The molecule has 5 heteroatoms. The summed E-state index contributed by atoms with van der Waals surface area (Å²) in [5.41, 5.74) is 0.381. The summed E-state index contributed by atoms with van der Waals surface area (Å²) < 4.78 is 26.9. The van der Waals surface area contributed by atoms with E-state index in [1.165, 1.54) is 0 Å². The number of benzene rings is 1. The summed E-state index contributed by atoms with van der Waals surface area (Å²) in [5.74, 6) is 0.00101. The molecule has 1 aliphatic carbocycles. The zero-order valence-electron chi connectivity index (χ0n) is 10.3. The molecule has 100 valence electrons. The lowest BCUT2D eigenvalue weighted by atomic mass is 9.75. The molecule has 0 bridgehead atoms. The molecule has 0 unspecified atom stereocenters. The second kappa shape index (κ2) is 5.38. The summed E-state index contributed by atoms with van der Waals surface area (Å²) in [6, 6.07) is 9.13. The predicted molar refractivity (Wildman–Crippen MR) is 70.5 cm³/mol. The van der Waals surface area contributed by atoms with Crippen molar-refractivity contribution >= 4 is 10.0 Å². The lowest BCUT2D eigenvalue weighted by molar-refractivity contribution is 0.156. The maximum Gasteiger partial charge on any atom is 0.216 e. The van der Waals surface area contributed by atoms with Crippen LogP contribution in [0.4, 0.5) is 0 Å². The smallest absolute Gasteiger partial charge is 0.216 e. The highest BCUT2D eigenvalue weighted by Crippen LogP contribution is 2.35. The molecule has 2 rings (SSSR count). The van der Waals surface area contributed by atoms with Gasteiger partial charge in [-0.1, -0.05) is 30.3 Å². The van der Waals surface area contributed by atoms with Gasteiger partial charge < -0.3 is 5.11 Å². The van der Waals surface area contributed by atoms with Gasteiger partial charge in [0.25, 0.3) is 0 Å². The molecule has 4 nitrogen and oxygen atoms in total. The molecular formula is C13H19NO3S. The molecule has 0 atom stereocenters. The van der Waals surface area contributed by atoms with E-state index in [0.717, 1.165) is 24.8 Å². The van der Waals surface area contributed by atoms with Gasteiger partial charge in [0.2, 0.25) is 10.0 Å². The van der Waals surface area contributed by atoms with Gasteiger partial charge in [-0.3, -0.25) is 0 Å². The number of hydrogen-bond acceptors (Lipinski definition) is 3. The van der Waals surface area contributed by atoms with Gasteiger partial charge in [-0.2, -0.15) is 0 Å². The maximum absolute atomic E-state index is 12.1. The average molecular weight is 269 g/mol. The molecule has 1 fully saturated rings. The van der Waals surface area contributed by atoms with E-state index < -0.39 is 15.6 Å². The second-order valence-electron chi connectivity index (χ2n) is 4.95. The van der Waals surface area contributed by atoms with Gasteiger partial charge in [-0.25, -0.2) is 13.1 Å². The zero-order chi connectivity index (χ0) is 13.1.